The highest BCUT2D eigenvalue weighted by atomic mass is 16.5. The van der Waals surface area contributed by atoms with E-state index in [1.807, 2.05) is 18.2 Å². The van der Waals surface area contributed by atoms with E-state index in [0.717, 1.165) is 5.56 Å². The second-order valence-electron chi connectivity index (χ2n) is 9.00. The zero-order chi connectivity index (χ0) is 23.7. The van der Waals surface area contributed by atoms with Crippen molar-refractivity contribution in [2.75, 3.05) is 13.2 Å². The summed E-state index contributed by atoms with van der Waals surface area (Å²) >= 11 is 0. The minimum atomic E-state index is -1.29. The molecule has 0 radical (unpaired) electrons. The zero-order valence-corrected chi connectivity index (χ0v) is 19.1. The Morgan fingerprint density at radius 2 is 1.39 bits per heavy atom. The summed E-state index contributed by atoms with van der Waals surface area (Å²) in [6.45, 7) is 10.4. The number of amides is 2. The van der Waals surface area contributed by atoms with Crippen molar-refractivity contribution in [3.05, 3.63) is 35.9 Å². The summed E-state index contributed by atoms with van der Waals surface area (Å²) in [6.07, 6.45) is -0.820. The first-order valence-corrected chi connectivity index (χ1v) is 10.0. The van der Waals surface area contributed by atoms with Crippen LogP contribution in [0.4, 0.5) is 4.79 Å². The first kappa shape index (κ1) is 26.4. The van der Waals surface area contributed by atoms with Crippen LogP contribution in [0.1, 0.15) is 47.1 Å². The summed E-state index contributed by atoms with van der Waals surface area (Å²) in [7, 11) is 0. The first-order valence-electron chi connectivity index (χ1n) is 10.0. The summed E-state index contributed by atoms with van der Waals surface area (Å²) in [4.78, 5) is 36.5. The Labute approximate surface area is 183 Å². The third kappa shape index (κ3) is 12.0. The van der Waals surface area contributed by atoms with E-state index in [2.05, 4.69) is 10.6 Å². The van der Waals surface area contributed by atoms with Crippen molar-refractivity contribution in [3.8, 4) is 0 Å². The summed E-state index contributed by atoms with van der Waals surface area (Å²) < 4.78 is 16.3. The number of carbonyl (C=O) groups is 3. The first-order chi connectivity index (χ1) is 14.3. The highest BCUT2D eigenvalue weighted by molar-refractivity contribution is 5.89. The van der Waals surface area contributed by atoms with Crippen LogP contribution in [-0.4, -0.2) is 59.6 Å². The summed E-state index contributed by atoms with van der Waals surface area (Å²) in [6, 6.07) is 6.63. The highest BCUT2D eigenvalue weighted by Gasteiger charge is 2.29. The molecule has 174 valence electrons. The van der Waals surface area contributed by atoms with Crippen molar-refractivity contribution in [1.29, 1.82) is 0 Å². The number of hydrogen-bond acceptors (Lipinski definition) is 6. The van der Waals surface area contributed by atoms with Crippen LogP contribution in [0.15, 0.2) is 30.3 Å². The Hall–Kier alpha value is -2.65. The molecule has 9 heteroatoms. The largest absolute Gasteiger partial charge is 0.480 e. The topological polar surface area (TPSA) is 123 Å². The summed E-state index contributed by atoms with van der Waals surface area (Å²) in [5.41, 5.74) is -0.364. The van der Waals surface area contributed by atoms with E-state index in [4.69, 9.17) is 14.2 Å². The third-order valence-electron chi connectivity index (χ3n) is 3.80. The molecule has 0 saturated heterocycles. The van der Waals surface area contributed by atoms with Gasteiger partial charge in [0.15, 0.2) is 6.04 Å². The van der Waals surface area contributed by atoms with E-state index >= 15 is 0 Å². The van der Waals surface area contributed by atoms with Crippen molar-refractivity contribution in [2.45, 2.75) is 71.4 Å². The molecule has 0 saturated carbocycles. The maximum absolute atomic E-state index is 12.7. The SMILES string of the molecule is CC(C)(C)OC[C@H](NC(=O)[C@H](COC(C)(C)C)NC(=O)OCc1ccccc1)C(=O)O. The van der Waals surface area contributed by atoms with Gasteiger partial charge >= 0.3 is 12.1 Å². The van der Waals surface area contributed by atoms with Gasteiger partial charge in [0.1, 0.15) is 12.6 Å². The molecular weight excluding hydrogens is 404 g/mol. The molecule has 0 aliphatic carbocycles. The van der Waals surface area contributed by atoms with E-state index in [0.29, 0.717) is 0 Å². The fourth-order valence-corrected chi connectivity index (χ4v) is 2.20. The molecule has 0 fully saturated rings. The minimum Gasteiger partial charge on any atom is -0.480 e. The molecule has 0 aromatic heterocycles. The lowest BCUT2D eigenvalue weighted by Crippen LogP contribution is -2.55. The van der Waals surface area contributed by atoms with Gasteiger partial charge in [0.2, 0.25) is 5.91 Å². The molecule has 2 amide bonds. The number of carboxylic acids is 1. The van der Waals surface area contributed by atoms with Gasteiger partial charge in [-0.05, 0) is 47.1 Å². The molecule has 0 spiro atoms. The van der Waals surface area contributed by atoms with Gasteiger partial charge in [0, 0.05) is 0 Å². The van der Waals surface area contributed by atoms with E-state index in [-0.39, 0.29) is 19.8 Å². The van der Waals surface area contributed by atoms with Gasteiger partial charge in [-0.3, -0.25) is 4.79 Å². The fourth-order valence-electron chi connectivity index (χ4n) is 2.20. The van der Waals surface area contributed by atoms with E-state index < -0.39 is 41.3 Å². The highest BCUT2D eigenvalue weighted by Crippen LogP contribution is 2.09. The molecule has 1 aromatic carbocycles. The molecule has 0 heterocycles. The lowest BCUT2D eigenvalue weighted by molar-refractivity contribution is -0.146. The van der Waals surface area contributed by atoms with E-state index in [9.17, 15) is 19.5 Å². The number of ether oxygens (including phenoxy) is 3. The lowest BCUT2D eigenvalue weighted by Gasteiger charge is -2.27. The van der Waals surface area contributed by atoms with Gasteiger partial charge in [-0.2, -0.15) is 0 Å². The predicted molar refractivity (Wildman–Crippen MR) is 115 cm³/mol. The normalized spacial score (nSPS) is 13.7. The average Bonchev–Trinajstić information content (AvgIpc) is 2.65. The van der Waals surface area contributed by atoms with Crippen LogP contribution in [0.5, 0.6) is 0 Å². The van der Waals surface area contributed by atoms with Gasteiger partial charge in [-0.1, -0.05) is 30.3 Å². The predicted octanol–water partition coefficient (Wildman–Crippen LogP) is 2.48. The lowest BCUT2D eigenvalue weighted by atomic mass is 10.1. The van der Waals surface area contributed by atoms with Gasteiger partial charge in [-0.15, -0.1) is 0 Å². The van der Waals surface area contributed by atoms with Crippen LogP contribution >= 0.6 is 0 Å². The smallest absolute Gasteiger partial charge is 0.408 e. The standard InChI is InChI=1S/C22H34N2O7/c1-21(2,3)30-13-16(24-20(28)29-12-15-10-8-7-9-11-15)18(25)23-17(19(26)27)14-31-22(4,5)6/h7-11,16-17H,12-14H2,1-6H3,(H,23,25)(H,24,28)(H,26,27)/t16-,17-/m0/s1. The maximum atomic E-state index is 12.7. The monoisotopic (exact) mass is 438 g/mol. The molecule has 0 bridgehead atoms. The van der Waals surface area contributed by atoms with E-state index in [1.165, 1.54) is 0 Å². The number of hydrogen-bond donors (Lipinski definition) is 3. The van der Waals surface area contributed by atoms with Crippen LogP contribution in [0.2, 0.25) is 0 Å². The Balaban J connectivity index is 2.78. The molecule has 0 aliphatic heterocycles. The molecule has 31 heavy (non-hydrogen) atoms. The zero-order valence-electron chi connectivity index (χ0n) is 19.1. The Kier molecular flexibility index (Phi) is 9.93. The van der Waals surface area contributed by atoms with Crippen LogP contribution in [0.25, 0.3) is 0 Å². The summed E-state index contributed by atoms with van der Waals surface area (Å²) in [5, 5.41) is 14.2. The number of rotatable bonds is 10. The van der Waals surface area contributed by atoms with Crippen LogP contribution < -0.4 is 10.6 Å². The molecular formula is C22H34N2O7. The third-order valence-corrected chi connectivity index (χ3v) is 3.80. The second kappa shape index (κ2) is 11.7. The van der Waals surface area contributed by atoms with Crippen molar-refractivity contribution >= 4 is 18.0 Å². The molecule has 0 unspecified atom stereocenters. The van der Waals surface area contributed by atoms with Crippen LogP contribution in [-0.2, 0) is 30.4 Å². The van der Waals surface area contributed by atoms with Crippen LogP contribution in [0.3, 0.4) is 0 Å². The molecule has 1 rings (SSSR count). The van der Waals surface area contributed by atoms with Crippen LogP contribution in [0, 0.1) is 0 Å². The number of nitrogens with one attached hydrogen (secondary N) is 2. The maximum Gasteiger partial charge on any atom is 0.408 e. The molecule has 3 N–H and O–H groups in total. The van der Waals surface area contributed by atoms with Gasteiger partial charge in [0.05, 0.1) is 24.4 Å². The average molecular weight is 439 g/mol. The van der Waals surface area contributed by atoms with Gasteiger partial charge in [-0.25, -0.2) is 9.59 Å². The number of carbonyl (C=O) groups excluding carboxylic acids is 2. The number of benzene rings is 1. The quantitative estimate of drug-likeness (QED) is 0.513. The number of aliphatic carboxylic acids is 1. The van der Waals surface area contributed by atoms with Crippen molar-refractivity contribution in [1.82, 2.24) is 10.6 Å². The van der Waals surface area contributed by atoms with Gasteiger partial charge in [0.25, 0.3) is 0 Å². The molecule has 2 atom stereocenters. The molecule has 1 aromatic rings. The van der Waals surface area contributed by atoms with Gasteiger partial charge < -0.3 is 30.0 Å². The van der Waals surface area contributed by atoms with Crippen molar-refractivity contribution < 1.29 is 33.7 Å². The molecule has 0 aliphatic rings. The Morgan fingerprint density at radius 1 is 0.871 bits per heavy atom. The number of carboxylic acid groups (broad SMARTS) is 1. The molecule has 9 nitrogen and oxygen atoms in total. The number of alkyl carbamates (subject to hydrolysis) is 1. The Morgan fingerprint density at radius 3 is 1.87 bits per heavy atom. The van der Waals surface area contributed by atoms with Crippen molar-refractivity contribution in [3.63, 3.8) is 0 Å². The fraction of sp³-hybridized carbons (Fsp3) is 0.591. The Bertz CT molecular complexity index is 724. The minimum absolute atomic E-state index is 0.0261. The van der Waals surface area contributed by atoms with Crippen molar-refractivity contribution in [2.24, 2.45) is 0 Å². The van der Waals surface area contributed by atoms with E-state index in [1.54, 1.807) is 53.7 Å². The second-order valence-corrected chi connectivity index (χ2v) is 9.00. The summed E-state index contributed by atoms with van der Waals surface area (Å²) in [5.74, 6) is -1.97.